The van der Waals surface area contributed by atoms with Crippen LogP contribution in [0.15, 0.2) is 0 Å². The number of carbonyl (C=O) groups excluding carboxylic acids is 1. The fourth-order valence-electron chi connectivity index (χ4n) is 3.59. The average molecular weight is 280 g/mol. The molecule has 0 aromatic rings. The Morgan fingerprint density at radius 1 is 0.900 bits per heavy atom. The molecule has 116 valence electrons. The van der Waals surface area contributed by atoms with E-state index in [9.17, 15) is 4.79 Å². The lowest BCUT2D eigenvalue weighted by Crippen LogP contribution is -2.48. The Labute approximate surface area is 124 Å². The lowest BCUT2D eigenvalue weighted by Gasteiger charge is -2.35. The van der Waals surface area contributed by atoms with Gasteiger partial charge in [-0.2, -0.15) is 0 Å². The van der Waals surface area contributed by atoms with Crippen molar-refractivity contribution in [2.75, 3.05) is 13.1 Å². The number of nitrogens with one attached hydrogen (secondary N) is 1. The highest BCUT2D eigenvalue weighted by Crippen LogP contribution is 2.20. The van der Waals surface area contributed by atoms with E-state index in [1.165, 1.54) is 44.9 Å². The van der Waals surface area contributed by atoms with Crippen LogP contribution in [0.5, 0.6) is 0 Å². The Morgan fingerprint density at radius 2 is 1.40 bits per heavy atom. The second-order valence-electron chi connectivity index (χ2n) is 6.96. The molecule has 3 nitrogen and oxygen atoms in total. The van der Waals surface area contributed by atoms with Crippen molar-refractivity contribution in [3.05, 3.63) is 0 Å². The van der Waals surface area contributed by atoms with E-state index in [1.54, 1.807) is 0 Å². The van der Waals surface area contributed by atoms with E-state index in [2.05, 4.69) is 10.2 Å². The molecule has 3 heteroatoms. The molecule has 1 aliphatic carbocycles. The first-order valence-electron chi connectivity index (χ1n) is 8.71. The van der Waals surface area contributed by atoms with Crippen molar-refractivity contribution in [1.29, 1.82) is 0 Å². The molecular formula is C17H32N2O. The lowest BCUT2D eigenvalue weighted by molar-refractivity contribution is -0.135. The highest BCUT2D eigenvalue weighted by Gasteiger charge is 2.25. The Kier molecular flexibility index (Phi) is 6.34. The monoisotopic (exact) mass is 280 g/mol. The summed E-state index contributed by atoms with van der Waals surface area (Å²) < 4.78 is 0. The minimum absolute atomic E-state index is 0.144. The molecule has 0 spiro atoms. The zero-order chi connectivity index (χ0) is 14.4. The standard InChI is InChI=1S/C17H32N2O/c1-14(2)17(20)19-12-10-16(11-13-19)18-15-8-6-4-3-5-7-9-15/h14-16,18H,3-13H2,1-2H3. The smallest absolute Gasteiger partial charge is 0.225 e. The molecule has 1 heterocycles. The fourth-order valence-corrected chi connectivity index (χ4v) is 3.59. The molecule has 1 amide bonds. The van der Waals surface area contributed by atoms with Crippen LogP contribution in [0.2, 0.25) is 0 Å². The summed E-state index contributed by atoms with van der Waals surface area (Å²) in [6.45, 7) is 5.89. The van der Waals surface area contributed by atoms with E-state index in [0.29, 0.717) is 11.9 Å². The molecule has 2 fully saturated rings. The van der Waals surface area contributed by atoms with E-state index >= 15 is 0 Å². The first kappa shape index (κ1) is 15.8. The van der Waals surface area contributed by atoms with Crippen LogP contribution in [0.1, 0.15) is 71.6 Å². The summed E-state index contributed by atoms with van der Waals surface area (Å²) in [5, 5.41) is 3.88. The molecule has 0 aromatic heterocycles. The van der Waals surface area contributed by atoms with Crippen LogP contribution in [-0.4, -0.2) is 36.0 Å². The van der Waals surface area contributed by atoms with Crippen molar-refractivity contribution in [2.45, 2.75) is 83.7 Å². The number of amides is 1. The number of nitrogens with zero attached hydrogens (tertiary/aromatic N) is 1. The SMILES string of the molecule is CC(C)C(=O)N1CCC(NC2CCCCCCC2)CC1. The van der Waals surface area contributed by atoms with Gasteiger partial charge in [-0.05, 0) is 25.7 Å². The third-order valence-corrected chi connectivity index (χ3v) is 4.88. The average Bonchev–Trinajstić information content (AvgIpc) is 2.41. The third-order valence-electron chi connectivity index (χ3n) is 4.88. The topological polar surface area (TPSA) is 32.3 Å². The molecule has 0 atom stereocenters. The molecule has 0 bridgehead atoms. The van der Waals surface area contributed by atoms with E-state index in [4.69, 9.17) is 0 Å². The van der Waals surface area contributed by atoms with Crippen molar-refractivity contribution in [3.63, 3.8) is 0 Å². The van der Waals surface area contributed by atoms with Gasteiger partial charge in [-0.25, -0.2) is 0 Å². The Hall–Kier alpha value is -0.570. The molecule has 20 heavy (non-hydrogen) atoms. The van der Waals surface area contributed by atoms with Gasteiger partial charge in [-0.3, -0.25) is 4.79 Å². The molecule has 1 N–H and O–H groups in total. The summed E-state index contributed by atoms with van der Waals surface area (Å²) in [7, 11) is 0. The van der Waals surface area contributed by atoms with Crippen molar-refractivity contribution in [3.8, 4) is 0 Å². The summed E-state index contributed by atoms with van der Waals surface area (Å²) in [6.07, 6.45) is 12.0. The largest absolute Gasteiger partial charge is 0.342 e. The van der Waals surface area contributed by atoms with Crippen LogP contribution in [0.3, 0.4) is 0 Å². The minimum atomic E-state index is 0.144. The molecule has 2 aliphatic rings. The number of carbonyl (C=O) groups is 1. The molecule has 1 aliphatic heterocycles. The van der Waals surface area contributed by atoms with Crippen LogP contribution in [0.25, 0.3) is 0 Å². The number of hydrogen-bond donors (Lipinski definition) is 1. The summed E-state index contributed by atoms with van der Waals surface area (Å²) in [5.74, 6) is 0.472. The number of likely N-dealkylation sites (tertiary alicyclic amines) is 1. The van der Waals surface area contributed by atoms with Crippen molar-refractivity contribution in [1.82, 2.24) is 10.2 Å². The first-order chi connectivity index (χ1) is 9.66. The van der Waals surface area contributed by atoms with Gasteiger partial charge in [0.05, 0.1) is 0 Å². The highest BCUT2D eigenvalue weighted by molar-refractivity contribution is 5.78. The highest BCUT2D eigenvalue weighted by atomic mass is 16.2. The second kappa shape index (κ2) is 8.02. The molecule has 0 aromatic carbocycles. The van der Waals surface area contributed by atoms with Crippen LogP contribution in [0.4, 0.5) is 0 Å². The van der Waals surface area contributed by atoms with Gasteiger partial charge in [0.15, 0.2) is 0 Å². The normalized spacial score (nSPS) is 23.6. The van der Waals surface area contributed by atoms with E-state index < -0.39 is 0 Å². The van der Waals surface area contributed by atoms with Crippen LogP contribution >= 0.6 is 0 Å². The maximum atomic E-state index is 12.0. The van der Waals surface area contributed by atoms with Gasteiger partial charge in [0, 0.05) is 31.1 Å². The quantitative estimate of drug-likeness (QED) is 0.860. The van der Waals surface area contributed by atoms with Gasteiger partial charge >= 0.3 is 0 Å². The summed E-state index contributed by atoms with van der Waals surface area (Å²) in [4.78, 5) is 14.0. The van der Waals surface area contributed by atoms with Gasteiger partial charge in [0.2, 0.25) is 5.91 Å². The molecular weight excluding hydrogens is 248 g/mol. The predicted octanol–water partition coefficient (Wildman–Crippen LogP) is 3.34. The predicted molar refractivity (Wildman–Crippen MR) is 83.7 cm³/mol. The molecule has 0 unspecified atom stereocenters. The molecule has 1 saturated carbocycles. The second-order valence-corrected chi connectivity index (χ2v) is 6.96. The molecule has 1 saturated heterocycles. The Morgan fingerprint density at radius 3 is 1.95 bits per heavy atom. The summed E-state index contributed by atoms with van der Waals surface area (Å²) in [6, 6.07) is 1.36. The van der Waals surface area contributed by atoms with Crippen molar-refractivity contribution in [2.24, 2.45) is 5.92 Å². The fraction of sp³-hybridized carbons (Fsp3) is 0.941. The lowest BCUT2D eigenvalue weighted by atomic mass is 9.94. The van der Waals surface area contributed by atoms with Gasteiger partial charge < -0.3 is 10.2 Å². The zero-order valence-electron chi connectivity index (χ0n) is 13.4. The van der Waals surface area contributed by atoms with Crippen LogP contribution < -0.4 is 5.32 Å². The molecule has 2 rings (SSSR count). The van der Waals surface area contributed by atoms with E-state index in [1.807, 2.05) is 13.8 Å². The van der Waals surface area contributed by atoms with Gasteiger partial charge in [-0.15, -0.1) is 0 Å². The Bertz CT molecular complexity index is 287. The number of piperidine rings is 1. The number of hydrogen-bond acceptors (Lipinski definition) is 2. The Balaban J connectivity index is 1.71. The zero-order valence-corrected chi connectivity index (χ0v) is 13.4. The van der Waals surface area contributed by atoms with Crippen molar-refractivity contribution < 1.29 is 4.79 Å². The van der Waals surface area contributed by atoms with E-state index in [0.717, 1.165) is 32.0 Å². The number of rotatable bonds is 3. The van der Waals surface area contributed by atoms with Gasteiger partial charge in [0.25, 0.3) is 0 Å². The molecule has 0 radical (unpaired) electrons. The van der Waals surface area contributed by atoms with Crippen molar-refractivity contribution >= 4 is 5.91 Å². The minimum Gasteiger partial charge on any atom is -0.342 e. The summed E-state index contributed by atoms with van der Waals surface area (Å²) >= 11 is 0. The maximum absolute atomic E-state index is 12.0. The first-order valence-corrected chi connectivity index (χ1v) is 8.71. The van der Waals surface area contributed by atoms with Crippen LogP contribution in [-0.2, 0) is 4.79 Å². The van der Waals surface area contributed by atoms with E-state index in [-0.39, 0.29) is 5.92 Å². The maximum Gasteiger partial charge on any atom is 0.225 e. The summed E-state index contributed by atoms with van der Waals surface area (Å²) in [5.41, 5.74) is 0. The van der Waals surface area contributed by atoms with Gasteiger partial charge in [0.1, 0.15) is 0 Å². The van der Waals surface area contributed by atoms with Crippen LogP contribution in [0, 0.1) is 5.92 Å². The van der Waals surface area contributed by atoms with Gasteiger partial charge in [-0.1, -0.05) is 46.0 Å². The third kappa shape index (κ3) is 4.76.